The van der Waals surface area contributed by atoms with Gasteiger partial charge in [-0.1, -0.05) is 18.2 Å². The van der Waals surface area contributed by atoms with Gasteiger partial charge in [0.25, 0.3) is 0 Å². The van der Waals surface area contributed by atoms with Crippen molar-refractivity contribution in [1.82, 2.24) is 9.88 Å². The smallest absolute Gasteiger partial charge is 0.0459 e. The number of fused-ring (bicyclic) bond motifs is 2. The minimum Gasteiger partial charge on any atom is -0.361 e. The molecule has 0 amide bonds. The lowest BCUT2D eigenvalue weighted by atomic mass is 9.71. The Hall–Kier alpha value is -1.58. The van der Waals surface area contributed by atoms with E-state index in [1.807, 2.05) is 0 Å². The van der Waals surface area contributed by atoms with E-state index in [4.69, 9.17) is 5.73 Å². The lowest BCUT2D eigenvalue weighted by Crippen LogP contribution is -2.50. The van der Waals surface area contributed by atoms with Crippen molar-refractivity contribution in [3.05, 3.63) is 48.2 Å². The molecule has 1 aliphatic carbocycles. The average molecular weight is 295 g/mol. The van der Waals surface area contributed by atoms with Gasteiger partial charge >= 0.3 is 0 Å². The molecule has 1 fully saturated rings. The molecule has 1 aromatic carbocycles. The van der Waals surface area contributed by atoms with E-state index in [9.17, 15) is 0 Å². The van der Waals surface area contributed by atoms with Gasteiger partial charge in [-0.05, 0) is 48.9 Å². The zero-order valence-corrected chi connectivity index (χ0v) is 13.1. The van der Waals surface area contributed by atoms with Gasteiger partial charge in [-0.15, -0.1) is 6.58 Å². The van der Waals surface area contributed by atoms with Crippen LogP contribution in [0.15, 0.2) is 37.1 Å². The first-order chi connectivity index (χ1) is 10.8. The van der Waals surface area contributed by atoms with E-state index in [0.717, 1.165) is 25.9 Å². The Balaban J connectivity index is 1.77. The molecule has 3 heteroatoms. The Morgan fingerprint density at radius 3 is 3.14 bits per heavy atom. The summed E-state index contributed by atoms with van der Waals surface area (Å²) in [6, 6.07) is 7.35. The molecule has 0 bridgehead atoms. The zero-order chi connectivity index (χ0) is 15.1. The van der Waals surface area contributed by atoms with Crippen molar-refractivity contribution in [2.24, 2.45) is 11.7 Å². The largest absolute Gasteiger partial charge is 0.361 e. The van der Waals surface area contributed by atoms with Crippen molar-refractivity contribution < 1.29 is 0 Å². The molecule has 0 saturated carbocycles. The SMILES string of the molecule is C=CCN1C[C@H](CCN)C[C@@H]2c3cccc4[nH]cc(c34)C[C@H]21. The second-order valence-corrected chi connectivity index (χ2v) is 6.88. The van der Waals surface area contributed by atoms with Crippen molar-refractivity contribution in [2.75, 3.05) is 19.6 Å². The molecule has 3 nitrogen and oxygen atoms in total. The standard InChI is InChI=1S/C19H25N3/c1-2-8-22-12-13(6-7-20)9-16-15-4-3-5-17-19(15)14(11-21-17)10-18(16)22/h2-5,11,13,16,18,21H,1,6-10,12,20H2/t13-,16-,18-/m1/s1. The maximum atomic E-state index is 5.84. The molecule has 2 aromatic rings. The van der Waals surface area contributed by atoms with Crippen LogP contribution in [0.4, 0.5) is 0 Å². The number of aromatic amines is 1. The van der Waals surface area contributed by atoms with Crippen LogP contribution >= 0.6 is 0 Å². The first-order valence-corrected chi connectivity index (χ1v) is 8.45. The first-order valence-electron chi connectivity index (χ1n) is 8.45. The third-order valence-corrected chi connectivity index (χ3v) is 5.60. The molecule has 2 aliphatic rings. The van der Waals surface area contributed by atoms with Crippen molar-refractivity contribution in [3.63, 3.8) is 0 Å². The molecule has 116 valence electrons. The van der Waals surface area contributed by atoms with Crippen LogP contribution in [0.25, 0.3) is 10.9 Å². The highest BCUT2D eigenvalue weighted by Gasteiger charge is 2.39. The number of likely N-dealkylation sites (tertiary alicyclic amines) is 1. The summed E-state index contributed by atoms with van der Waals surface area (Å²) < 4.78 is 0. The Kier molecular flexibility index (Phi) is 3.55. The predicted molar refractivity (Wildman–Crippen MR) is 92.1 cm³/mol. The number of hydrogen-bond donors (Lipinski definition) is 2. The first kappa shape index (κ1) is 14.0. The summed E-state index contributed by atoms with van der Waals surface area (Å²) in [6.45, 7) is 6.91. The number of nitrogens with zero attached hydrogens (tertiary/aromatic N) is 1. The van der Waals surface area contributed by atoms with Crippen molar-refractivity contribution in [3.8, 4) is 0 Å². The number of benzene rings is 1. The third kappa shape index (κ3) is 2.11. The van der Waals surface area contributed by atoms with E-state index >= 15 is 0 Å². The van der Waals surface area contributed by atoms with E-state index in [2.05, 4.69) is 46.9 Å². The summed E-state index contributed by atoms with van der Waals surface area (Å²) in [5.74, 6) is 1.35. The van der Waals surface area contributed by atoms with Gasteiger partial charge in [-0.25, -0.2) is 0 Å². The highest BCUT2D eigenvalue weighted by molar-refractivity contribution is 5.88. The summed E-state index contributed by atoms with van der Waals surface area (Å²) in [5.41, 5.74) is 10.2. The number of nitrogens with two attached hydrogens (primary N) is 1. The number of nitrogens with one attached hydrogen (secondary N) is 1. The van der Waals surface area contributed by atoms with Crippen LogP contribution in [0.1, 0.15) is 29.9 Å². The van der Waals surface area contributed by atoms with Gasteiger partial charge in [0.15, 0.2) is 0 Å². The van der Waals surface area contributed by atoms with Gasteiger partial charge in [0.2, 0.25) is 0 Å². The van der Waals surface area contributed by atoms with Crippen LogP contribution in [0.5, 0.6) is 0 Å². The molecule has 3 atom stereocenters. The van der Waals surface area contributed by atoms with Gasteiger partial charge in [-0.3, -0.25) is 4.90 Å². The van der Waals surface area contributed by atoms with Gasteiger partial charge in [0.05, 0.1) is 0 Å². The van der Waals surface area contributed by atoms with Crippen LogP contribution in [0.2, 0.25) is 0 Å². The number of piperidine rings is 1. The fraction of sp³-hybridized carbons (Fsp3) is 0.474. The van der Waals surface area contributed by atoms with E-state index in [0.29, 0.717) is 17.9 Å². The highest BCUT2D eigenvalue weighted by atomic mass is 15.2. The number of rotatable bonds is 4. The molecule has 3 N–H and O–H groups in total. The third-order valence-electron chi connectivity index (χ3n) is 5.60. The lowest BCUT2D eigenvalue weighted by molar-refractivity contribution is 0.0938. The topological polar surface area (TPSA) is 45.0 Å². The normalized spacial score (nSPS) is 27.8. The van der Waals surface area contributed by atoms with Crippen LogP contribution < -0.4 is 5.73 Å². The van der Waals surface area contributed by atoms with Gasteiger partial charge < -0.3 is 10.7 Å². The Morgan fingerprint density at radius 2 is 2.32 bits per heavy atom. The van der Waals surface area contributed by atoms with Crippen molar-refractivity contribution in [2.45, 2.75) is 31.2 Å². The van der Waals surface area contributed by atoms with Gasteiger partial charge in [0, 0.05) is 42.1 Å². The van der Waals surface area contributed by atoms with Gasteiger partial charge in [0.1, 0.15) is 0 Å². The fourth-order valence-electron chi connectivity index (χ4n) is 4.72. The molecule has 1 aromatic heterocycles. The van der Waals surface area contributed by atoms with Crippen molar-refractivity contribution in [1.29, 1.82) is 0 Å². The maximum absolute atomic E-state index is 5.84. The lowest BCUT2D eigenvalue weighted by Gasteiger charge is -2.47. The van der Waals surface area contributed by atoms with Crippen LogP contribution in [-0.2, 0) is 6.42 Å². The minimum atomic E-state index is 0.612. The van der Waals surface area contributed by atoms with Crippen LogP contribution in [0.3, 0.4) is 0 Å². The molecule has 22 heavy (non-hydrogen) atoms. The molecule has 1 aliphatic heterocycles. The van der Waals surface area contributed by atoms with Crippen LogP contribution in [-0.4, -0.2) is 35.6 Å². The fourth-order valence-corrected chi connectivity index (χ4v) is 4.72. The second-order valence-electron chi connectivity index (χ2n) is 6.88. The predicted octanol–water partition coefficient (Wildman–Crippen LogP) is 3.03. The van der Waals surface area contributed by atoms with E-state index in [-0.39, 0.29) is 0 Å². The quantitative estimate of drug-likeness (QED) is 0.852. The molecular formula is C19H25N3. The van der Waals surface area contributed by atoms with E-state index in [1.165, 1.54) is 29.4 Å². The number of hydrogen-bond acceptors (Lipinski definition) is 2. The number of H-pyrrole nitrogens is 1. The summed E-state index contributed by atoms with van der Waals surface area (Å²) in [7, 11) is 0. The molecule has 4 rings (SSSR count). The molecule has 1 saturated heterocycles. The Bertz CT molecular complexity index is 687. The molecule has 2 heterocycles. The minimum absolute atomic E-state index is 0.612. The second kappa shape index (κ2) is 5.56. The van der Waals surface area contributed by atoms with E-state index < -0.39 is 0 Å². The van der Waals surface area contributed by atoms with Crippen molar-refractivity contribution >= 4 is 10.9 Å². The Labute approximate surface area is 132 Å². The van der Waals surface area contributed by atoms with Crippen LogP contribution in [0, 0.1) is 5.92 Å². The zero-order valence-electron chi connectivity index (χ0n) is 13.1. The number of aromatic nitrogens is 1. The molecule has 0 spiro atoms. The summed E-state index contributed by atoms with van der Waals surface area (Å²) in [4.78, 5) is 6.09. The summed E-state index contributed by atoms with van der Waals surface area (Å²) in [6.07, 6.45) is 7.83. The average Bonchev–Trinajstić information content (AvgIpc) is 2.94. The maximum Gasteiger partial charge on any atom is 0.0459 e. The van der Waals surface area contributed by atoms with E-state index in [1.54, 1.807) is 5.56 Å². The highest BCUT2D eigenvalue weighted by Crippen LogP contribution is 2.45. The summed E-state index contributed by atoms with van der Waals surface area (Å²) >= 11 is 0. The Morgan fingerprint density at radius 1 is 1.41 bits per heavy atom. The summed E-state index contributed by atoms with van der Waals surface area (Å²) in [5, 5.41) is 1.48. The molecule has 0 unspecified atom stereocenters. The monoisotopic (exact) mass is 295 g/mol. The van der Waals surface area contributed by atoms with Gasteiger partial charge in [-0.2, -0.15) is 0 Å². The molecule has 0 radical (unpaired) electrons. The molecular weight excluding hydrogens is 270 g/mol.